The van der Waals surface area contributed by atoms with Crippen LogP contribution in [-0.4, -0.2) is 24.6 Å². The molecule has 1 heterocycles. The van der Waals surface area contributed by atoms with Crippen molar-refractivity contribution in [1.29, 1.82) is 0 Å². The number of carbonyl (C=O) groups excluding carboxylic acids is 1. The molecule has 3 aromatic rings. The molecule has 3 rings (SSSR count). The summed E-state index contributed by atoms with van der Waals surface area (Å²) in [6.45, 7) is 2.27. The highest BCUT2D eigenvalue weighted by Crippen LogP contribution is 2.23. The van der Waals surface area contributed by atoms with Crippen LogP contribution in [0.2, 0.25) is 0 Å². The zero-order chi connectivity index (χ0) is 19.8. The minimum Gasteiger partial charge on any atom is -0.497 e. The third kappa shape index (κ3) is 5.23. The summed E-state index contributed by atoms with van der Waals surface area (Å²) in [5, 5.41) is 2.73. The van der Waals surface area contributed by atoms with Gasteiger partial charge in [-0.25, -0.2) is 4.98 Å². The topological polar surface area (TPSA) is 69.7 Å². The maximum atomic E-state index is 12.3. The standard InChI is InChI=1S/C22H22N2O4/c1-16-7-3-4-8-17(16)14-28-20-11-6-12-23-22(20)24-21(25)15-27-19-10-5-9-18(13-19)26-2/h3-13H,14-15H2,1-2H3,(H,23,24,25). The average Bonchev–Trinajstić information content (AvgIpc) is 2.73. The normalized spacial score (nSPS) is 10.2. The first-order valence-corrected chi connectivity index (χ1v) is 8.85. The third-order valence-electron chi connectivity index (χ3n) is 4.08. The van der Waals surface area contributed by atoms with E-state index in [1.54, 1.807) is 49.7 Å². The van der Waals surface area contributed by atoms with Crippen molar-refractivity contribution >= 4 is 11.7 Å². The van der Waals surface area contributed by atoms with Gasteiger partial charge in [-0.3, -0.25) is 4.79 Å². The van der Waals surface area contributed by atoms with Crippen LogP contribution in [0.3, 0.4) is 0 Å². The summed E-state index contributed by atoms with van der Waals surface area (Å²) < 4.78 is 16.5. The number of methoxy groups -OCH3 is 1. The van der Waals surface area contributed by atoms with Gasteiger partial charge < -0.3 is 19.5 Å². The predicted molar refractivity (Wildman–Crippen MR) is 107 cm³/mol. The molecule has 0 saturated carbocycles. The number of carbonyl (C=O) groups is 1. The highest BCUT2D eigenvalue weighted by atomic mass is 16.5. The van der Waals surface area contributed by atoms with Crippen molar-refractivity contribution in [3.8, 4) is 17.2 Å². The van der Waals surface area contributed by atoms with Gasteiger partial charge in [-0.2, -0.15) is 0 Å². The molecule has 0 fully saturated rings. The van der Waals surface area contributed by atoms with Crippen molar-refractivity contribution in [3.05, 3.63) is 78.0 Å². The summed E-state index contributed by atoms with van der Waals surface area (Å²) in [5.74, 6) is 1.74. The first kappa shape index (κ1) is 19.2. The Balaban J connectivity index is 1.59. The molecule has 0 saturated heterocycles. The van der Waals surface area contributed by atoms with Crippen molar-refractivity contribution in [1.82, 2.24) is 4.98 Å². The summed E-state index contributed by atoms with van der Waals surface area (Å²) in [5.41, 5.74) is 2.22. The lowest BCUT2D eigenvalue weighted by molar-refractivity contribution is -0.118. The molecule has 0 aliphatic rings. The van der Waals surface area contributed by atoms with E-state index >= 15 is 0 Å². The Morgan fingerprint density at radius 1 is 1.00 bits per heavy atom. The van der Waals surface area contributed by atoms with Gasteiger partial charge in [-0.05, 0) is 42.3 Å². The van der Waals surface area contributed by atoms with Gasteiger partial charge in [-0.15, -0.1) is 0 Å². The Labute approximate surface area is 164 Å². The Bertz CT molecular complexity index is 943. The minimum absolute atomic E-state index is 0.152. The van der Waals surface area contributed by atoms with Crippen molar-refractivity contribution in [3.63, 3.8) is 0 Å². The molecule has 6 heteroatoms. The number of hydrogen-bond donors (Lipinski definition) is 1. The summed E-state index contributed by atoms with van der Waals surface area (Å²) in [4.78, 5) is 16.5. The SMILES string of the molecule is COc1cccc(OCC(=O)Nc2ncccc2OCc2ccccc2C)c1. The number of nitrogens with one attached hydrogen (secondary N) is 1. The molecule has 0 aliphatic carbocycles. The van der Waals surface area contributed by atoms with Crippen LogP contribution in [-0.2, 0) is 11.4 Å². The van der Waals surface area contributed by atoms with Gasteiger partial charge >= 0.3 is 0 Å². The van der Waals surface area contributed by atoms with Crippen LogP contribution in [0.4, 0.5) is 5.82 Å². The van der Waals surface area contributed by atoms with Crippen LogP contribution in [0.25, 0.3) is 0 Å². The van der Waals surface area contributed by atoms with Gasteiger partial charge in [0.2, 0.25) is 0 Å². The number of benzene rings is 2. The highest BCUT2D eigenvalue weighted by molar-refractivity contribution is 5.92. The molecule has 0 spiro atoms. The molecule has 2 aromatic carbocycles. The average molecular weight is 378 g/mol. The molecule has 0 atom stereocenters. The van der Waals surface area contributed by atoms with Crippen LogP contribution in [0.5, 0.6) is 17.2 Å². The molecule has 144 valence electrons. The van der Waals surface area contributed by atoms with Gasteiger partial charge in [-0.1, -0.05) is 30.3 Å². The Morgan fingerprint density at radius 3 is 2.64 bits per heavy atom. The molecule has 1 N–H and O–H groups in total. The molecule has 1 amide bonds. The molecule has 28 heavy (non-hydrogen) atoms. The lowest BCUT2D eigenvalue weighted by atomic mass is 10.1. The number of anilines is 1. The quantitative estimate of drug-likeness (QED) is 0.642. The van der Waals surface area contributed by atoms with Gasteiger partial charge in [0.15, 0.2) is 18.2 Å². The van der Waals surface area contributed by atoms with Crippen LogP contribution in [0.1, 0.15) is 11.1 Å². The lowest BCUT2D eigenvalue weighted by Gasteiger charge is -2.13. The molecule has 0 unspecified atom stereocenters. The number of aryl methyl sites for hydroxylation is 1. The van der Waals surface area contributed by atoms with Gasteiger partial charge in [0.05, 0.1) is 7.11 Å². The molecule has 1 aromatic heterocycles. The highest BCUT2D eigenvalue weighted by Gasteiger charge is 2.11. The molecular weight excluding hydrogens is 356 g/mol. The van der Waals surface area contributed by atoms with E-state index in [0.29, 0.717) is 29.7 Å². The molecule has 6 nitrogen and oxygen atoms in total. The van der Waals surface area contributed by atoms with E-state index in [0.717, 1.165) is 11.1 Å². The lowest BCUT2D eigenvalue weighted by Crippen LogP contribution is -2.21. The summed E-state index contributed by atoms with van der Waals surface area (Å²) in [6.07, 6.45) is 1.60. The van der Waals surface area contributed by atoms with Crippen LogP contribution in [0.15, 0.2) is 66.9 Å². The second kappa shape index (κ2) is 9.41. The van der Waals surface area contributed by atoms with Gasteiger partial charge in [0.25, 0.3) is 5.91 Å². The fraction of sp³-hybridized carbons (Fsp3) is 0.182. The summed E-state index contributed by atoms with van der Waals surface area (Å²) in [7, 11) is 1.57. The second-order valence-electron chi connectivity index (χ2n) is 6.08. The fourth-order valence-corrected chi connectivity index (χ4v) is 2.54. The molecule has 0 aliphatic heterocycles. The van der Waals surface area contributed by atoms with E-state index in [4.69, 9.17) is 14.2 Å². The van der Waals surface area contributed by atoms with E-state index in [1.807, 2.05) is 31.2 Å². The number of amides is 1. The molecule has 0 bridgehead atoms. The first-order valence-electron chi connectivity index (χ1n) is 8.85. The van der Waals surface area contributed by atoms with Gasteiger partial charge in [0.1, 0.15) is 18.1 Å². The van der Waals surface area contributed by atoms with Crippen molar-refractivity contribution in [2.45, 2.75) is 13.5 Å². The van der Waals surface area contributed by atoms with Crippen LogP contribution >= 0.6 is 0 Å². The molecular formula is C22H22N2O4. The van der Waals surface area contributed by atoms with Crippen molar-refractivity contribution < 1.29 is 19.0 Å². The number of rotatable bonds is 8. The van der Waals surface area contributed by atoms with E-state index in [-0.39, 0.29) is 12.5 Å². The van der Waals surface area contributed by atoms with Crippen LogP contribution in [0, 0.1) is 6.92 Å². The Hall–Kier alpha value is -3.54. The predicted octanol–water partition coefficient (Wildman–Crippen LogP) is 4.00. The fourth-order valence-electron chi connectivity index (χ4n) is 2.54. The number of nitrogens with zero attached hydrogens (tertiary/aromatic N) is 1. The Kier molecular flexibility index (Phi) is 6.46. The van der Waals surface area contributed by atoms with E-state index in [2.05, 4.69) is 10.3 Å². The zero-order valence-corrected chi connectivity index (χ0v) is 15.8. The minimum atomic E-state index is -0.331. The number of ether oxygens (including phenoxy) is 3. The number of hydrogen-bond acceptors (Lipinski definition) is 5. The smallest absolute Gasteiger partial charge is 0.263 e. The molecule has 0 radical (unpaired) electrons. The van der Waals surface area contributed by atoms with E-state index in [9.17, 15) is 4.79 Å². The Morgan fingerprint density at radius 2 is 1.82 bits per heavy atom. The second-order valence-corrected chi connectivity index (χ2v) is 6.08. The van der Waals surface area contributed by atoms with E-state index < -0.39 is 0 Å². The maximum Gasteiger partial charge on any atom is 0.263 e. The first-order chi connectivity index (χ1) is 13.7. The largest absolute Gasteiger partial charge is 0.497 e. The van der Waals surface area contributed by atoms with Crippen LogP contribution < -0.4 is 19.5 Å². The van der Waals surface area contributed by atoms with Crippen molar-refractivity contribution in [2.24, 2.45) is 0 Å². The zero-order valence-electron chi connectivity index (χ0n) is 15.8. The number of pyridine rings is 1. The maximum absolute atomic E-state index is 12.3. The third-order valence-corrected chi connectivity index (χ3v) is 4.08. The van der Waals surface area contributed by atoms with Crippen molar-refractivity contribution in [2.75, 3.05) is 19.0 Å². The summed E-state index contributed by atoms with van der Waals surface area (Å²) >= 11 is 0. The van der Waals surface area contributed by atoms with Gasteiger partial charge in [0, 0.05) is 12.3 Å². The summed E-state index contributed by atoms with van der Waals surface area (Å²) in [6, 6.07) is 18.6. The van der Waals surface area contributed by atoms with E-state index in [1.165, 1.54) is 0 Å². The number of aromatic nitrogens is 1. The monoisotopic (exact) mass is 378 g/mol.